The highest BCUT2D eigenvalue weighted by atomic mass is 16.5. The van der Waals surface area contributed by atoms with Crippen LogP contribution in [0.15, 0.2) is 29.8 Å². The third-order valence-electron chi connectivity index (χ3n) is 5.23. The van der Waals surface area contributed by atoms with Crippen LogP contribution in [0.25, 0.3) is 0 Å². The topological polar surface area (TPSA) is 50.8 Å². The third kappa shape index (κ3) is 4.15. The fourth-order valence-corrected chi connectivity index (χ4v) is 3.49. The number of hydrogen-bond donors (Lipinski definition) is 1. The first-order valence-electron chi connectivity index (χ1n) is 8.95. The molecule has 136 valence electrons. The number of ether oxygens (including phenoxy) is 2. The fourth-order valence-electron chi connectivity index (χ4n) is 3.49. The second-order valence-electron chi connectivity index (χ2n) is 7.40. The molecule has 0 spiro atoms. The maximum absolute atomic E-state index is 12.6. The van der Waals surface area contributed by atoms with Crippen molar-refractivity contribution in [3.05, 3.63) is 41.0 Å². The van der Waals surface area contributed by atoms with Crippen molar-refractivity contribution in [1.29, 1.82) is 0 Å². The normalized spacial score (nSPS) is 17.6. The summed E-state index contributed by atoms with van der Waals surface area (Å²) in [6, 6.07) is 6.11. The van der Waals surface area contributed by atoms with E-state index in [1.54, 1.807) is 7.11 Å². The third-order valence-corrected chi connectivity index (χ3v) is 5.23. The van der Waals surface area contributed by atoms with Gasteiger partial charge in [0, 0.05) is 25.0 Å². The van der Waals surface area contributed by atoms with Crippen molar-refractivity contribution in [1.82, 2.24) is 10.2 Å². The van der Waals surface area contributed by atoms with Crippen molar-refractivity contribution >= 4 is 6.03 Å². The number of fused-ring (bicyclic) bond motifs is 1. The van der Waals surface area contributed by atoms with Crippen molar-refractivity contribution in [2.45, 2.75) is 33.2 Å². The van der Waals surface area contributed by atoms with Gasteiger partial charge in [0.15, 0.2) is 0 Å². The van der Waals surface area contributed by atoms with Gasteiger partial charge in [0.1, 0.15) is 5.75 Å². The van der Waals surface area contributed by atoms with E-state index in [9.17, 15) is 4.79 Å². The molecule has 0 radical (unpaired) electrons. The van der Waals surface area contributed by atoms with Crippen molar-refractivity contribution in [2.75, 3.05) is 33.4 Å². The fraction of sp³-hybridized carbons (Fsp3) is 0.550. The van der Waals surface area contributed by atoms with Crippen molar-refractivity contribution < 1.29 is 14.3 Å². The largest absolute Gasteiger partial charge is 0.497 e. The predicted octanol–water partition coefficient (Wildman–Crippen LogP) is 3.14. The van der Waals surface area contributed by atoms with Crippen molar-refractivity contribution in [2.24, 2.45) is 5.41 Å². The Labute approximate surface area is 150 Å². The smallest absolute Gasteiger partial charge is 0.317 e. The van der Waals surface area contributed by atoms with E-state index in [-0.39, 0.29) is 11.4 Å². The zero-order chi connectivity index (χ0) is 17.9. The monoisotopic (exact) mass is 344 g/mol. The first-order valence-corrected chi connectivity index (χ1v) is 8.95. The van der Waals surface area contributed by atoms with Gasteiger partial charge in [-0.05, 0) is 36.1 Å². The maximum Gasteiger partial charge on any atom is 0.317 e. The number of nitrogens with one attached hydrogen (secondary N) is 1. The minimum absolute atomic E-state index is 0.0159. The molecule has 25 heavy (non-hydrogen) atoms. The molecule has 0 aliphatic carbocycles. The SMILES string of the molecule is COc1ccc2c(c1)CCN(C(=O)NCC(C)(C)C1=CCOCC1)C2. The number of nitrogens with zero attached hydrogens (tertiary/aromatic N) is 1. The molecule has 5 nitrogen and oxygen atoms in total. The number of urea groups is 1. The Balaban J connectivity index is 1.57. The predicted molar refractivity (Wildman–Crippen MR) is 97.8 cm³/mol. The van der Waals surface area contributed by atoms with Gasteiger partial charge in [0.05, 0.1) is 20.3 Å². The Morgan fingerprint density at radius 2 is 2.16 bits per heavy atom. The van der Waals surface area contributed by atoms with Gasteiger partial charge in [0.2, 0.25) is 0 Å². The number of rotatable bonds is 4. The van der Waals surface area contributed by atoms with E-state index in [4.69, 9.17) is 9.47 Å². The Morgan fingerprint density at radius 1 is 1.32 bits per heavy atom. The van der Waals surface area contributed by atoms with Crippen LogP contribution in [0.3, 0.4) is 0 Å². The molecular formula is C20H28N2O3. The summed E-state index contributed by atoms with van der Waals surface area (Å²) in [5.41, 5.74) is 3.81. The van der Waals surface area contributed by atoms with Crippen LogP contribution in [0, 0.1) is 5.41 Å². The van der Waals surface area contributed by atoms with Gasteiger partial charge >= 0.3 is 6.03 Å². The molecule has 2 heterocycles. The first-order chi connectivity index (χ1) is 12.0. The first kappa shape index (κ1) is 17.8. The zero-order valence-electron chi connectivity index (χ0n) is 15.4. The summed E-state index contributed by atoms with van der Waals surface area (Å²) in [7, 11) is 1.68. The minimum Gasteiger partial charge on any atom is -0.497 e. The Hall–Kier alpha value is -2.01. The van der Waals surface area contributed by atoms with Crippen LogP contribution in [-0.4, -0.2) is 44.3 Å². The van der Waals surface area contributed by atoms with Crippen LogP contribution >= 0.6 is 0 Å². The van der Waals surface area contributed by atoms with E-state index in [1.165, 1.54) is 16.7 Å². The molecule has 0 atom stereocenters. The Kier molecular flexibility index (Phi) is 5.33. The lowest BCUT2D eigenvalue weighted by Gasteiger charge is -2.33. The summed E-state index contributed by atoms with van der Waals surface area (Å²) in [6.07, 6.45) is 3.97. The molecule has 5 heteroatoms. The molecule has 0 unspecified atom stereocenters. The van der Waals surface area contributed by atoms with Gasteiger partial charge in [-0.15, -0.1) is 0 Å². The van der Waals surface area contributed by atoms with Crippen LogP contribution in [0.5, 0.6) is 5.75 Å². The second-order valence-corrected chi connectivity index (χ2v) is 7.40. The van der Waals surface area contributed by atoms with Gasteiger partial charge in [-0.2, -0.15) is 0 Å². The van der Waals surface area contributed by atoms with E-state index in [1.807, 2.05) is 11.0 Å². The van der Waals surface area contributed by atoms with E-state index in [0.717, 1.165) is 31.7 Å². The quantitative estimate of drug-likeness (QED) is 0.854. The Morgan fingerprint density at radius 3 is 2.88 bits per heavy atom. The van der Waals surface area contributed by atoms with Gasteiger partial charge < -0.3 is 19.7 Å². The lowest BCUT2D eigenvalue weighted by molar-refractivity contribution is 0.145. The average Bonchev–Trinajstić information content (AvgIpc) is 2.66. The highest BCUT2D eigenvalue weighted by Crippen LogP contribution is 2.30. The molecular weight excluding hydrogens is 316 g/mol. The molecule has 1 aromatic carbocycles. The summed E-state index contributed by atoms with van der Waals surface area (Å²) >= 11 is 0. The van der Waals surface area contributed by atoms with Crippen LogP contribution in [0.4, 0.5) is 4.79 Å². The van der Waals surface area contributed by atoms with Crippen molar-refractivity contribution in [3.8, 4) is 5.75 Å². The second kappa shape index (κ2) is 7.48. The number of benzene rings is 1. The minimum atomic E-state index is -0.0412. The van der Waals surface area contributed by atoms with E-state index in [2.05, 4.69) is 37.4 Å². The summed E-state index contributed by atoms with van der Waals surface area (Å²) in [4.78, 5) is 14.5. The molecule has 0 saturated carbocycles. The Bertz CT molecular complexity index is 667. The molecule has 2 aliphatic rings. The molecule has 3 rings (SSSR count). The van der Waals surface area contributed by atoms with Gasteiger partial charge in [-0.1, -0.05) is 31.6 Å². The van der Waals surface area contributed by atoms with Gasteiger partial charge in [-0.3, -0.25) is 0 Å². The molecule has 0 fully saturated rings. The lowest BCUT2D eigenvalue weighted by Crippen LogP contribution is -2.46. The molecule has 2 aliphatic heterocycles. The van der Waals surface area contributed by atoms with E-state index < -0.39 is 0 Å². The molecule has 1 aromatic rings. The van der Waals surface area contributed by atoms with Crippen LogP contribution in [0.2, 0.25) is 0 Å². The number of methoxy groups -OCH3 is 1. The number of carbonyl (C=O) groups excluding carboxylic acids is 1. The van der Waals surface area contributed by atoms with Crippen LogP contribution < -0.4 is 10.1 Å². The van der Waals surface area contributed by atoms with Gasteiger partial charge in [0.25, 0.3) is 0 Å². The lowest BCUT2D eigenvalue weighted by atomic mass is 9.81. The number of hydrogen-bond acceptors (Lipinski definition) is 3. The average molecular weight is 344 g/mol. The summed E-state index contributed by atoms with van der Waals surface area (Å²) in [5.74, 6) is 0.878. The van der Waals surface area contributed by atoms with E-state index in [0.29, 0.717) is 19.7 Å². The maximum atomic E-state index is 12.6. The highest BCUT2D eigenvalue weighted by Gasteiger charge is 2.27. The zero-order valence-corrected chi connectivity index (χ0v) is 15.4. The summed E-state index contributed by atoms with van der Waals surface area (Å²) in [6.45, 7) is 7.85. The van der Waals surface area contributed by atoms with E-state index >= 15 is 0 Å². The van der Waals surface area contributed by atoms with Gasteiger partial charge in [-0.25, -0.2) is 4.79 Å². The molecule has 2 amide bonds. The molecule has 0 saturated heterocycles. The molecule has 0 bridgehead atoms. The number of amides is 2. The molecule has 0 aromatic heterocycles. The summed E-state index contributed by atoms with van der Waals surface area (Å²) < 4.78 is 10.7. The summed E-state index contributed by atoms with van der Waals surface area (Å²) in [5, 5.41) is 3.12. The number of carbonyl (C=O) groups is 1. The van der Waals surface area contributed by atoms with Crippen molar-refractivity contribution in [3.63, 3.8) is 0 Å². The van der Waals surface area contributed by atoms with Crippen LogP contribution in [0.1, 0.15) is 31.4 Å². The molecule has 1 N–H and O–H groups in total. The standard InChI is InChI=1S/C20H28N2O3/c1-20(2,17-7-10-25-11-8-17)14-21-19(23)22-9-6-15-12-18(24-3)5-4-16(15)13-22/h4-5,7,12H,6,8-11,13-14H2,1-3H3,(H,21,23). The highest BCUT2D eigenvalue weighted by molar-refractivity contribution is 5.74. The van der Waals surface area contributed by atoms with Crippen LogP contribution in [-0.2, 0) is 17.7 Å².